The van der Waals surface area contributed by atoms with Crippen molar-refractivity contribution in [3.8, 4) is 45.3 Å². The zero-order valence-electron chi connectivity index (χ0n) is 31.8. The van der Waals surface area contributed by atoms with Gasteiger partial charge in [0.25, 0.3) is 0 Å². The Bertz CT molecular complexity index is 3140. The molecule has 276 valence electrons. The Labute approximate surface area is 342 Å². The first-order valence-corrected chi connectivity index (χ1v) is 19.5. The average molecular weight is 755 g/mol. The van der Waals surface area contributed by atoms with E-state index in [2.05, 4.69) is 120 Å². The number of para-hydroxylation sites is 1. The van der Waals surface area contributed by atoms with Gasteiger partial charge in [-0.1, -0.05) is 182 Å². The molecule has 0 spiro atoms. The van der Waals surface area contributed by atoms with Crippen LogP contribution < -0.4 is 0 Å². The molecule has 8 aromatic carbocycles. The zero-order valence-corrected chi connectivity index (χ0v) is 31.8. The highest BCUT2D eigenvalue weighted by Gasteiger charge is 2.19. The van der Waals surface area contributed by atoms with Gasteiger partial charge in [-0.15, -0.1) is 0 Å². The minimum atomic E-state index is 0.568. The lowest BCUT2D eigenvalue weighted by Gasteiger charge is -2.19. The molecule has 0 atom stereocenters. The lowest BCUT2D eigenvalue weighted by atomic mass is 9.85. The third kappa shape index (κ3) is 6.97. The first-order chi connectivity index (χ1) is 29.2. The van der Waals surface area contributed by atoms with Crippen LogP contribution in [0.4, 0.5) is 5.69 Å². The van der Waals surface area contributed by atoms with Crippen molar-refractivity contribution in [2.45, 2.75) is 0 Å². The second-order valence-corrected chi connectivity index (χ2v) is 14.3. The van der Waals surface area contributed by atoms with Crippen LogP contribution in [0.25, 0.3) is 83.2 Å². The highest BCUT2D eigenvalue weighted by atomic mass is 16.3. The molecule has 0 saturated heterocycles. The summed E-state index contributed by atoms with van der Waals surface area (Å²) < 4.78 is 6.25. The van der Waals surface area contributed by atoms with E-state index >= 15 is 0 Å². The van der Waals surface area contributed by atoms with E-state index in [9.17, 15) is 0 Å². The molecule has 2 heterocycles. The van der Waals surface area contributed by atoms with Crippen LogP contribution in [-0.2, 0) is 0 Å². The van der Waals surface area contributed by atoms with Gasteiger partial charge < -0.3 is 4.42 Å². The van der Waals surface area contributed by atoms with E-state index in [1.54, 1.807) is 0 Å². The molecule has 0 radical (unpaired) electrons. The van der Waals surface area contributed by atoms with E-state index in [1.807, 2.05) is 91.0 Å². The molecular weight excluding hydrogens is 721 g/mol. The summed E-state index contributed by atoms with van der Waals surface area (Å²) in [5.41, 5.74) is 13.5. The number of aromatic nitrogens is 3. The standard InChI is InChI=1S/C54H34N4O/c1-55-45-21-13-20-43(34-45)36-24-26-39(27-25-36)51(50(37-14-5-2-6-15-37)38-16-7-3-8-17-38)40-28-30-42(31-29-40)53-56-52(41-18-9-4-10-19-41)57-54(58-53)44-32-33-47-46-22-11-12-23-48(46)59-49(47)35-44/h2-35H. The third-order valence-corrected chi connectivity index (χ3v) is 10.6. The molecular formula is C54H34N4O. The van der Waals surface area contributed by atoms with Crippen molar-refractivity contribution >= 4 is 38.8 Å². The van der Waals surface area contributed by atoms with Gasteiger partial charge >= 0.3 is 0 Å². The third-order valence-electron chi connectivity index (χ3n) is 10.6. The fraction of sp³-hybridized carbons (Fsp3) is 0. The molecule has 5 heteroatoms. The van der Waals surface area contributed by atoms with Crippen molar-refractivity contribution in [2.75, 3.05) is 0 Å². The lowest BCUT2D eigenvalue weighted by Crippen LogP contribution is -2.01. The topological polar surface area (TPSA) is 56.2 Å². The SMILES string of the molecule is [C-]#[N+]c1cccc(-c2ccc(C(=C(c3ccccc3)c3ccccc3)c3ccc(-c4nc(-c5ccccc5)nc(-c5ccc6c(c5)oc5ccccc56)n4)cc3)cc2)c1. The van der Waals surface area contributed by atoms with Crippen LogP contribution >= 0.6 is 0 Å². The van der Waals surface area contributed by atoms with Gasteiger partial charge in [-0.05, 0) is 68.8 Å². The van der Waals surface area contributed by atoms with E-state index in [0.29, 0.717) is 23.2 Å². The van der Waals surface area contributed by atoms with E-state index in [-0.39, 0.29) is 0 Å². The van der Waals surface area contributed by atoms with Gasteiger partial charge in [0, 0.05) is 27.5 Å². The van der Waals surface area contributed by atoms with Crippen molar-refractivity contribution in [2.24, 2.45) is 0 Å². The van der Waals surface area contributed by atoms with E-state index in [1.165, 1.54) is 0 Å². The van der Waals surface area contributed by atoms with Gasteiger partial charge in [-0.2, -0.15) is 0 Å². The number of fused-ring (bicyclic) bond motifs is 3. The second-order valence-electron chi connectivity index (χ2n) is 14.3. The van der Waals surface area contributed by atoms with Crippen LogP contribution in [0.2, 0.25) is 0 Å². The minimum Gasteiger partial charge on any atom is -0.456 e. The molecule has 0 unspecified atom stereocenters. The number of hydrogen-bond donors (Lipinski definition) is 0. The summed E-state index contributed by atoms with van der Waals surface area (Å²) in [6, 6.07) is 70.3. The quantitative estimate of drug-likeness (QED) is 0.114. The monoisotopic (exact) mass is 754 g/mol. The summed E-state index contributed by atoms with van der Waals surface area (Å²) in [4.78, 5) is 18.7. The fourth-order valence-corrected chi connectivity index (χ4v) is 7.71. The first-order valence-electron chi connectivity index (χ1n) is 19.5. The molecule has 0 aliphatic carbocycles. The molecule has 10 aromatic rings. The summed E-state index contributed by atoms with van der Waals surface area (Å²) in [6.45, 7) is 7.52. The highest BCUT2D eigenvalue weighted by Crippen LogP contribution is 2.39. The van der Waals surface area contributed by atoms with Gasteiger partial charge in [0.05, 0.1) is 6.57 Å². The summed E-state index contributed by atoms with van der Waals surface area (Å²) in [5, 5.41) is 2.13. The van der Waals surface area contributed by atoms with Crippen LogP contribution in [0.15, 0.2) is 211 Å². The van der Waals surface area contributed by atoms with Crippen molar-refractivity contribution < 1.29 is 4.42 Å². The first kappa shape index (κ1) is 35.2. The largest absolute Gasteiger partial charge is 0.456 e. The molecule has 0 aliphatic heterocycles. The number of benzene rings is 8. The number of rotatable bonds is 8. The zero-order chi connectivity index (χ0) is 39.5. The maximum Gasteiger partial charge on any atom is 0.187 e. The Morgan fingerprint density at radius 1 is 0.356 bits per heavy atom. The van der Waals surface area contributed by atoms with Crippen LogP contribution in [0, 0.1) is 6.57 Å². The molecule has 2 aromatic heterocycles. The van der Waals surface area contributed by atoms with E-state index in [4.69, 9.17) is 25.9 Å². The van der Waals surface area contributed by atoms with Gasteiger partial charge in [0.1, 0.15) is 11.2 Å². The summed E-state index contributed by atoms with van der Waals surface area (Å²) in [7, 11) is 0. The lowest BCUT2D eigenvalue weighted by molar-refractivity contribution is 0.669. The molecule has 59 heavy (non-hydrogen) atoms. The predicted molar refractivity (Wildman–Crippen MR) is 239 cm³/mol. The molecule has 5 nitrogen and oxygen atoms in total. The van der Waals surface area contributed by atoms with Crippen LogP contribution in [0.1, 0.15) is 22.3 Å². The number of furan rings is 1. The normalized spacial score (nSPS) is 11.0. The Morgan fingerprint density at radius 3 is 1.42 bits per heavy atom. The van der Waals surface area contributed by atoms with Crippen molar-refractivity contribution in [3.63, 3.8) is 0 Å². The maximum atomic E-state index is 7.52. The summed E-state index contributed by atoms with van der Waals surface area (Å²) >= 11 is 0. The fourth-order valence-electron chi connectivity index (χ4n) is 7.71. The molecule has 0 fully saturated rings. The van der Waals surface area contributed by atoms with Gasteiger partial charge in [0.15, 0.2) is 23.2 Å². The Morgan fingerprint density at radius 2 is 0.814 bits per heavy atom. The van der Waals surface area contributed by atoms with Crippen LogP contribution in [0.5, 0.6) is 0 Å². The molecule has 0 aliphatic rings. The Kier molecular flexibility index (Phi) is 9.19. The minimum absolute atomic E-state index is 0.568. The average Bonchev–Trinajstić information content (AvgIpc) is 3.70. The summed E-state index contributed by atoms with van der Waals surface area (Å²) in [5.74, 6) is 1.74. The molecule has 0 N–H and O–H groups in total. The summed E-state index contributed by atoms with van der Waals surface area (Å²) in [6.07, 6.45) is 0. The van der Waals surface area contributed by atoms with Crippen molar-refractivity contribution in [1.82, 2.24) is 15.0 Å². The smallest absolute Gasteiger partial charge is 0.187 e. The molecule has 10 rings (SSSR count). The van der Waals surface area contributed by atoms with Crippen molar-refractivity contribution in [1.29, 1.82) is 0 Å². The van der Waals surface area contributed by atoms with Gasteiger partial charge in [-0.3, -0.25) is 0 Å². The maximum absolute atomic E-state index is 7.52. The Hall–Kier alpha value is -8.20. The number of hydrogen-bond acceptors (Lipinski definition) is 4. The predicted octanol–water partition coefficient (Wildman–Crippen LogP) is 14.0. The van der Waals surface area contributed by atoms with Crippen LogP contribution in [0.3, 0.4) is 0 Å². The molecule has 0 saturated carbocycles. The molecule has 0 bridgehead atoms. The Balaban J connectivity index is 1.11. The van der Waals surface area contributed by atoms with E-state index < -0.39 is 0 Å². The molecule has 0 amide bonds. The van der Waals surface area contributed by atoms with Gasteiger partial charge in [-0.25, -0.2) is 19.8 Å². The second kappa shape index (κ2) is 15.4. The van der Waals surface area contributed by atoms with Crippen LogP contribution in [-0.4, -0.2) is 15.0 Å². The van der Waals surface area contributed by atoms with Gasteiger partial charge in [0.2, 0.25) is 0 Å². The van der Waals surface area contributed by atoms with Crippen molar-refractivity contribution in [3.05, 3.63) is 240 Å². The van der Waals surface area contributed by atoms with E-state index in [0.717, 1.165) is 83.2 Å². The number of nitrogens with zero attached hydrogens (tertiary/aromatic N) is 4. The highest BCUT2D eigenvalue weighted by molar-refractivity contribution is 6.06.